The van der Waals surface area contributed by atoms with Gasteiger partial charge in [-0.25, -0.2) is 19.8 Å². The molecule has 6 aromatic rings. The Hall–Kier alpha value is -6.80. The number of ether oxygens (including phenoxy) is 1. The van der Waals surface area contributed by atoms with Gasteiger partial charge in [-0.3, -0.25) is 9.59 Å². The number of methoxy groups -OCH3 is 1. The van der Waals surface area contributed by atoms with Gasteiger partial charge in [-0.05, 0) is 78.6 Å². The van der Waals surface area contributed by atoms with E-state index in [0.717, 1.165) is 82.5 Å². The van der Waals surface area contributed by atoms with E-state index in [1.807, 2.05) is 83.8 Å². The molecule has 8 rings (SSSR count). The van der Waals surface area contributed by atoms with E-state index in [1.165, 1.54) is 14.2 Å². The number of carbonyl (C=O) groups is 3. The number of likely N-dealkylation sites (tertiary alicyclic amines) is 2. The highest BCUT2D eigenvalue weighted by Gasteiger charge is 2.38. The third-order valence-electron chi connectivity index (χ3n) is 11.0. The Morgan fingerprint density at radius 2 is 1.41 bits per heavy atom. The molecule has 4 heterocycles. The molecule has 2 aliphatic rings. The number of nitrogens with zero attached hydrogens (tertiary/aromatic N) is 5. The maximum absolute atomic E-state index is 13.9. The zero-order valence-corrected chi connectivity index (χ0v) is 32.9. The average molecular weight is 795 g/mol. The van der Waals surface area contributed by atoms with Gasteiger partial charge in [-0.15, -0.1) is 0 Å². The highest BCUT2D eigenvalue weighted by molar-refractivity contribution is 5.88. The predicted octanol–water partition coefficient (Wildman–Crippen LogP) is 7.47. The quantitative estimate of drug-likeness (QED) is 0.0469. The summed E-state index contributed by atoms with van der Waals surface area (Å²) in [6.07, 6.45) is 8.64. The lowest BCUT2D eigenvalue weighted by Crippen LogP contribution is -2.42. The first-order valence-electron chi connectivity index (χ1n) is 19.8. The minimum atomic E-state index is -0.877. The Balaban J connectivity index is 0.940. The Morgan fingerprint density at radius 1 is 0.797 bits per heavy atom. The van der Waals surface area contributed by atoms with E-state index in [9.17, 15) is 14.4 Å². The smallest absolute Gasteiger partial charge is 0.407 e. The summed E-state index contributed by atoms with van der Waals surface area (Å²) in [4.78, 5) is 74.5. The van der Waals surface area contributed by atoms with Gasteiger partial charge in [-0.2, -0.15) is 4.89 Å². The monoisotopic (exact) mass is 794 g/mol. The number of allylic oxidation sites excluding steroid dienone is 1. The van der Waals surface area contributed by atoms with Crippen molar-refractivity contribution < 1.29 is 28.9 Å². The van der Waals surface area contributed by atoms with Crippen molar-refractivity contribution in [3.8, 4) is 0 Å². The van der Waals surface area contributed by atoms with Crippen LogP contribution in [0.3, 0.4) is 0 Å². The van der Waals surface area contributed by atoms with Gasteiger partial charge in [0, 0.05) is 13.1 Å². The van der Waals surface area contributed by atoms with Crippen LogP contribution in [0.25, 0.3) is 28.1 Å². The van der Waals surface area contributed by atoms with Crippen LogP contribution < -0.4 is 5.32 Å². The maximum atomic E-state index is 13.9. The van der Waals surface area contributed by atoms with E-state index in [0.29, 0.717) is 25.1 Å². The predicted molar refractivity (Wildman–Crippen MR) is 223 cm³/mol. The van der Waals surface area contributed by atoms with Crippen LogP contribution in [0, 0.1) is 0 Å². The Bertz CT molecular complexity index is 2480. The molecule has 4 aromatic carbocycles. The lowest BCUT2D eigenvalue weighted by atomic mass is 10.1. The van der Waals surface area contributed by atoms with Crippen LogP contribution in [0.15, 0.2) is 108 Å². The number of alkyl carbamates (subject to hydrolysis) is 1. The minimum absolute atomic E-state index is 0.124. The van der Waals surface area contributed by atoms with Crippen molar-refractivity contribution in [2.45, 2.75) is 56.3 Å². The van der Waals surface area contributed by atoms with Crippen molar-refractivity contribution in [1.82, 2.24) is 35.1 Å². The Morgan fingerprint density at radius 3 is 2.05 bits per heavy atom. The van der Waals surface area contributed by atoms with Crippen molar-refractivity contribution >= 4 is 52.5 Å². The third-order valence-corrected chi connectivity index (χ3v) is 11.0. The SMILES string of the molecule is COOC=N[C@@H](C(=O)N1CCC[C@H]1c1nc2ccc(/C=C/Cc3ccc4nc([C@@H]5CCCN5C(=O)[C@H](NC(=O)OC)c5ccccc5)[nH]c4c3)cc2[nH]1)c1ccccc1. The fourth-order valence-electron chi connectivity index (χ4n) is 8.12. The molecule has 3 N–H and O–H groups in total. The molecule has 302 valence electrons. The summed E-state index contributed by atoms with van der Waals surface area (Å²) in [5, 5.41) is 2.72. The molecular weight excluding hydrogens is 749 g/mol. The Labute approximate surface area is 341 Å². The summed E-state index contributed by atoms with van der Waals surface area (Å²) in [6, 6.07) is 28.8. The van der Waals surface area contributed by atoms with Gasteiger partial charge in [0.15, 0.2) is 6.04 Å². The van der Waals surface area contributed by atoms with Gasteiger partial charge in [0.2, 0.25) is 6.40 Å². The van der Waals surface area contributed by atoms with Crippen molar-refractivity contribution in [1.29, 1.82) is 0 Å². The summed E-state index contributed by atoms with van der Waals surface area (Å²) >= 11 is 0. The molecule has 0 aliphatic carbocycles. The minimum Gasteiger partial charge on any atom is -0.453 e. The number of fused-ring (bicyclic) bond motifs is 2. The van der Waals surface area contributed by atoms with Gasteiger partial charge in [0.1, 0.15) is 17.7 Å². The third kappa shape index (κ3) is 8.58. The largest absolute Gasteiger partial charge is 0.453 e. The highest BCUT2D eigenvalue weighted by atomic mass is 17.2. The van der Waals surface area contributed by atoms with Crippen LogP contribution in [0.5, 0.6) is 0 Å². The first kappa shape index (κ1) is 39.0. The molecule has 0 radical (unpaired) electrons. The number of H-pyrrole nitrogens is 2. The fraction of sp³-hybridized carbons (Fsp3) is 0.289. The van der Waals surface area contributed by atoms with E-state index in [1.54, 1.807) is 4.90 Å². The molecule has 3 amide bonds. The second kappa shape index (κ2) is 17.8. The summed E-state index contributed by atoms with van der Waals surface area (Å²) < 4.78 is 4.84. The number of benzene rings is 4. The average Bonchev–Trinajstić information content (AvgIpc) is 4.10. The lowest BCUT2D eigenvalue weighted by Gasteiger charge is -2.28. The number of nitrogens with one attached hydrogen (secondary N) is 3. The van der Waals surface area contributed by atoms with Gasteiger partial charge in [0.05, 0.1) is 48.4 Å². The number of aliphatic imine (C=N–C) groups is 1. The second-order valence-corrected chi connectivity index (χ2v) is 14.7. The summed E-state index contributed by atoms with van der Waals surface area (Å²) in [5.74, 6) is 1.15. The molecule has 59 heavy (non-hydrogen) atoms. The van der Waals surface area contributed by atoms with E-state index >= 15 is 0 Å². The molecule has 2 aromatic heterocycles. The van der Waals surface area contributed by atoms with Crippen LogP contribution in [-0.4, -0.2) is 81.4 Å². The number of hydrogen-bond acceptors (Lipinski definition) is 9. The van der Waals surface area contributed by atoms with Crippen molar-refractivity contribution in [2.24, 2.45) is 4.99 Å². The number of aromatic amines is 2. The van der Waals surface area contributed by atoms with Crippen molar-refractivity contribution in [2.75, 3.05) is 27.3 Å². The molecule has 2 saturated heterocycles. The molecule has 4 atom stereocenters. The molecule has 0 spiro atoms. The number of rotatable bonds is 13. The molecule has 0 unspecified atom stereocenters. The zero-order chi connectivity index (χ0) is 40.7. The second-order valence-electron chi connectivity index (χ2n) is 14.7. The fourth-order valence-corrected chi connectivity index (χ4v) is 8.12. The maximum Gasteiger partial charge on any atom is 0.407 e. The standard InChI is InChI=1S/C45H46N8O6/c1-57-45(56)51-40(32-16-7-4-8-17-32)44(55)53-25-11-19-38(53)42-48-34-23-21-30(27-36(34)50-42)13-9-12-29-20-22-33-35(26-29)49-41(47-33)37-18-10-24-52(37)43(54)39(46-28-59-58-2)31-14-5-3-6-15-31/h3-9,12,14-17,20-23,26-28,37-40H,10-11,13,18-19,24-25H2,1-2H3,(H,47,49)(H,48,50)(H,51,56)/b12-9+,46-28?/t37-,38-,39+,40+/m0/s1. The van der Waals surface area contributed by atoms with Crippen LogP contribution in [0.2, 0.25) is 0 Å². The zero-order valence-electron chi connectivity index (χ0n) is 32.9. The lowest BCUT2D eigenvalue weighted by molar-refractivity contribution is -0.188. The number of imidazole rings is 2. The van der Waals surface area contributed by atoms with E-state index in [2.05, 4.69) is 55.5 Å². The van der Waals surface area contributed by atoms with E-state index in [-0.39, 0.29) is 23.9 Å². The van der Waals surface area contributed by atoms with Gasteiger partial charge in [-0.1, -0.05) is 84.9 Å². The summed E-state index contributed by atoms with van der Waals surface area (Å²) in [5.41, 5.74) is 7.04. The van der Waals surface area contributed by atoms with Crippen LogP contribution >= 0.6 is 0 Å². The molecule has 14 heteroatoms. The van der Waals surface area contributed by atoms with Crippen LogP contribution in [0.4, 0.5) is 4.79 Å². The first-order valence-corrected chi connectivity index (χ1v) is 19.8. The molecular formula is C45H46N8O6. The number of amides is 3. The number of hydrogen-bond donors (Lipinski definition) is 3. The molecule has 0 saturated carbocycles. The van der Waals surface area contributed by atoms with Crippen molar-refractivity contribution in [3.05, 3.63) is 137 Å². The van der Waals surface area contributed by atoms with Gasteiger partial charge in [0.25, 0.3) is 11.8 Å². The van der Waals surface area contributed by atoms with E-state index in [4.69, 9.17) is 19.6 Å². The Kier molecular flexibility index (Phi) is 11.8. The summed E-state index contributed by atoms with van der Waals surface area (Å²) in [6.45, 7) is 1.16. The first-order chi connectivity index (χ1) is 28.9. The van der Waals surface area contributed by atoms with Gasteiger partial charge < -0.3 is 34.7 Å². The normalized spacial score (nSPS) is 17.9. The number of carbonyl (C=O) groups excluding carboxylic acids is 3. The van der Waals surface area contributed by atoms with Crippen LogP contribution in [0.1, 0.15) is 83.8 Å². The molecule has 2 aliphatic heterocycles. The molecule has 0 bridgehead atoms. The van der Waals surface area contributed by atoms with Crippen LogP contribution in [-0.2, 0) is 30.5 Å². The summed E-state index contributed by atoms with van der Waals surface area (Å²) in [7, 11) is 2.67. The highest BCUT2D eigenvalue weighted by Crippen LogP contribution is 2.36. The van der Waals surface area contributed by atoms with Crippen molar-refractivity contribution in [3.63, 3.8) is 0 Å². The topological polar surface area (TPSA) is 167 Å². The van der Waals surface area contributed by atoms with Gasteiger partial charge >= 0.3 is 6.09 Å². The number of aromatic nitrogens is 4. The molecule has 14 nitrogen and oxygen atoms in total. The molecule has 2 fully saturated rings. The van der Waals surface area contributed by atoms with E-state index < -0.39 is 18.2 Å².